The van der Waals surface area contributed by atoms with Crippen LogP contribution in [0.1, 0.15) is 0 Å². The minimum atomic E-state index is 0.187. The SMILES string of the molecule is COCCOc1ncc2[nH]c(Oc3nc4nc(OCCOC)ncc4[nH]3)nc2n1. The highest BCUT2D eigenvalue weighted by atomic mass is 16.5. The van der Waals surface area contributed by atoms with Gasteiger partial charge in [0.2, 0.25) is 0 Å². The van der Waals surface area contributed by atoms with Crippen molar-refractivity contribution in [2.45, 2.75) is 0 Å². The van der Waals surface area contributed by atoms with Gasteiger partial charge in [-0.15, -0.1) is 0 Å². The summed E-state index contributed by atoms with van der Waals surface area (Å²) >= 11 is 0. The Bertz CT molecular complexity index is 1010. The third-order valence-electron chi connectivity index (χ3n) is 3.62. The number of nitrogens with zero attached hydrogens (tertiary/aromatic N) is 6. The van der Waals surface area contributed by atoms with Gasteiger partial charge in [0.1, 0.15) is 24.2 Å². The van der Waals surface area contributed by atoms with Crippen LogP contribution in [0.2, 0.25) is 0 Å². The molecule has 0 radical (unpaired) electrons. The largest absolute Gasteiger partial charge is 0.461 e. The Labute approximate surface area is 163 Å². The molecule has 0 saturated carbocycles. The number of aromatic nitrogens is 8. The van der Waals surface area contributed by atoms with Gasteiger partial charge >= 0.3 is 24.0 Å². The summed E-state index contributed by atoms with van der Waals surface area (Å²) in [5.74, 6) is 0. The standard InChI is InChI=1S/C16H18N8O5/c1-25-3-5-27-13-17-7-9-11(21-13)23-15(19-9)29-16-20-10-8-18-14(22-12(10)24-16)28-6-4-26-2/h7-8H,3-6H2,1-2H3,(H,17,19,21,23)(H,18,20,22,24). The van der Waals surface area contributed by atoms with E-state index in [1.54, 1.807) is 26.6 Å². The van der Waals surface area contributed by atoms with Gasteiger partial charge in [-0.2, -0.15) is 19.9 Å². The van der Waals surface area contributed by atoms with Crippen molar-refractivity contribution in [2.75, 3.05) is 40.6 Å². The molecule has 0 fully saturated rings. The van der Waals surface area contributed by atoms with E-state index in [-0.39, 0.29) is 24.0 Å². The molecule has 4 heterocycles. The lowest BCUT2D eigenvalue weighted by molar-refractivity contribution is 0.141. The van der Waals surface area contributed by atoms with Crippen molar-refractivity contribution in [3.8, 4) is 24.0 Å². The molecule has 29 heavy (non-hydrogen) atoms. The van der Waals surface area contributed by atoms with Crippen LogP contribution in [0.4, 0.5) is 0 Å². The van der Waals surface area contributed by atoms with Crippen molar-refractivity contribution in [3.63, 3.8) is 0 Å². The van der Waals surface area contributed by atoms with Crippen LogP contribution >= 0.6 is 0 Å². The van der Waals surface area contributed by atoms with Crippen LogP contribution < -0.4 is 14.2 Å². The maximum Gasteiger partial charge on any atom is 0.318 e. The summed E-state index contributed by atoms with van der Waals surface area (Å²) in [5.41, 5.74) is 1.96. The smallest absolute Gasteiger partial charge is 0.318 e. The number of imidazole rings is 2. The Morgan fingerprint density at radius 3 is 1.62 bits per heavy atom. The molecular formula is C16H18N8O5. The molecule has 0 aliphatic carbocycles. The molecule has 0 aliphatic heterocycles. The van der Waals surface area contributed by atoms with Gasteiger partial charge in [0.05, 0.1) is 25.6 Å². The van der Waals surface area contributed by atoms with Crippen LogP contribution in [0.5, 0.6) is 24.0 Å². The molecule has 0 amide bonds. The highest BCUT2D eigenvalue weighted by Crippen LogP contribution is 2.22. The molecule has 0 aliphatic rings. The van der Waals surface area contributed by atoms with Gasteiger partial charge in [0, 0.05) is 14.2 Å². The second-order valence-corrected chi connectivity index (χ2v) is 5.65. The van der Waals surface area contributed by atoms with Crippen LogP contribution in [-0.2, 0) is 9.47 Å². The van der Waals surface area contributed by atoms with Crippen molar-refractivity contribution >= 4 is 22.3 Å². The number of rotatable bonds is 10. The topological polar surface area (TPSA) is 155 Å². The Balaban J connectivity index is 1.47. The first kappa shape index (κ1) is 18.8. The monoisotopic (exact) mass is 402 g/mol. The number of ether oxygens (including phenoxy) is 5. The molecule has 4 aromatic rings. The number of hydrogen-bond donors (Lipinski definition) is 2. The Morgan fingerprint density at radius 1 is 0.690 bits per heavy atom. The van der Waals surface area contributed by atoms with E-state index in [0.717, 1.165) is 0 Å². The predicted molar refractivity (Wildman–Crippen MR) is 98.2 cm³/mol. The highest BCUT2D eigenvalue weighted by molar-refractivity contribution is 5.71. The van der Waals surface area contributed by atoms with Gasteiger partial charge in [-0.3, -0.25) is 0 Å². The molecule has 2 N–H and O–H groups in total. The van der Waals surface area contributed by atoms with Crippen LogP contribution in [0, 0.1) is 0 Å². The zero-order valence-electron chi connectivity index (χ0n) is 15.7. The molecule has 0 saturated heterocycles. The maximum atomic E-state index is 5.63. The fourth-order valence-electron chi connectivity index (χ4n) is 2.30. The van der Waals surface area contributed by atoms with Gasteiger partial charge in [0.15, 0.2) is 11.3 Å². The van der Waals surface area contributed by atoms with Gasteiger partial charge in [-0.05, 0) is 0 Å². The first-order valence-electron chi connectivity index (χ1n) is 8.62. The van der Waals surface area contributed by atoms with Crippen LogP contribution in [0.15, 0.2) is 12.4 Å². The Kier molecular flexibility index (Phi) is 5.58. The van der Waals surface area contributed by atoms with Crippen LogP contribution in [-0.4, -0.2) is 80.5 Å². The van der Waals surface area contributed by atoms with E-state index < -0.39 is 0 Å². The van der Waals surface area contributed by atoms with Gasteiger partial charge in [0.25, 0.3) is 0 Å². The van der Waals surface area contributed by atoms with Gasteiger partial charge < -0.3 is 33.7 Å². The molecule has 0 bridgehead atoms. The molecule has 0 unspecified atom stereocenters. The summed E-state index contributed by atoms with van der Waals surface area (Å²) in [6.07, 6.45) is 3.11. The molecular weight excluding hydrogens is 384 g/mol. The van der Waals surface area contributed by atoms with Crippen molar-refractivity contribution < 1.29 is 23.7 Å². The lowest BCUT2D eigenvalue weighted by Crippen LogP contribution is -2.06. The average Bonchev–Trinajstić information content (AvgIpc) is 3.30. The fourth-order valence-corrected chi connectivity index (χ4v) is 2.30. The third kappa shape index (κ3) is 4.47. The van der Waals surface area contributed by atoms with Crippen LogP contribution in [0.3, 0.4) is 0 Å². The quantitative estimate of drug-likeness (QED) is 0.363. The number of H-pyrrole nitrogens is 2. The molecule has 0 atom stereocenters. The first-order valence-corrected chi connectivity index (χ1v) is 8.62. The molecule has 4 rings (SSSR count). The summed E-state index contributed by atoms with van der Waals surface area (Å²) in [4.78, 5) is 31.0. The number of hydrogen-bond acceptors (Lipinski definition) is 11. The molecule has 13 nitrogen and oxygen atoms in total. The average molecular weight is 402 g/mol. The molecule has 0 spiro atoms. The normalized spacial score (nSPS) is 11.2. The van der Waals surface area contributed by atoms with E-state index in [1.165, 1.54) is 0 Å². The van der Waals surface area contributed by atoms with E-state index >= 15 is 0 Å². The Hall–Kier alpha value is -3.58. The third-order valence-corrected chi connectivity index (χ3v) is 3.62. The number of fused-ring (bicyclic) bond motifs is 2. The second kappa shape index (κ2) is 8.62. The van der Waals surface area contributed by atoms with Gasteiger partial charge in [-0.25, -0.2) is 9.97 Å². The highest BCUT2D eigenvalue weighted by Gasteiger charge is 2.13. The number of methoxy groups -OCH3 is 2. The lowest BCUT2D eigenvalue weighted by atomic mass is 10.6. The van der Waals surface area contributed by atoms with Crippen LogP contribution in [0.25, 0.3) is 22.3 Å². The van der Waals surface area contributed by atoms with E-state index in [9.17, 15) is 0 Å². The van der Waals surface area contributed by atoms with E-state index in [2.05, 4.69) is 39.9 Å². The van der Waals surface area contributed by atoms with Crippen molar-refractivity contribution in [3.05, 3.63) is 12.4 Å². The maximum absolute atomic E-state index is 5.63. The number of aromatic amines is 2. The lowest BCUT2D eigenvalue weighted by Gasteiger charge is -2.01. The summed E-state index contributed by atoms with van der Waals surface area (Å²) in [5, 5.41) is 0. The first-order chi connectivity index (χ1) is 14.2. The van der Waals surface area contributed by atoms with E-state index in [1.807, 2.05) is 0 Å². The summed E-state index contributed by atoms with van der Waals surface area (Å²) in [6.45, 7) is 1.55. The van der Waals surface area contributed by atoms with Gasteiger partial charge in [-0.1, -0.05) is 0 Å². The molecule has 152 valence electrons. The summed E-state index contributed by atoms with van der Waals surface area (Å²) in [6, 6.07) is 0.777. The molecule has 13 heteroatoms. The zero-order valence-corrected chi connectivity index (χ0v) is 15.7. The predicted octanol–water partition coefficient (Wildman–Crippen LogP) is 0.862. The van der Waals surface area contributed by atoms with Crippen molar-refractivity contribution in [1.29, 1.82) is 0 Å². The fraction of sp³-hybridized carbons (Fsp3) is 0.375. The molecule has 0 aromatic carbocycles. The zero-order chi connectivity index (χ0) is 20.1. The summed E-state index contributed by atoms with van der Waals surface area (Å²) in [7, 11) is 3.17. The second-order valence-electron chi connectivity index (χ2n) is 5.65. The number of nitrogens with one attached hydrogen (secondary N) is 2. The minimum Gasteiger partial charge on any atom is -0.461 e. The molecule has 4 aromatic heterocycles. The van der Waals surface area contributed by atoms with E-state index in [4.69, 9.17) is 23.7 Å². The Morgan fingerprint density at radius 2 is 1.17 bits per heavy atom. The van der Waals surface area contributed by atoms with Crippen molar-refractivity contribution in [1.82, 2.24) is 39.9 Å². The summed E-state index contributed by atoms with van der Waals surface area (Å²) < 4.78 is 26.2. The van der Waals surface area contributed by atoms with E-state index in [0.29, 0.717) is 48.8 Å². The minimum absolute atomic E-state index is 0.187. The van der Waals surface area contributed by atoms with Crippen molar-refractivity contribution in [2.24, 2.45) is 0 Å².